The summed E-state index contributed by atoms with van der Waals surface area (Å²) in [5.41, 5.74) is 1.20. The molecule has 1 amide bonds. The van der Waals surface area contributed by atoms with Crippen molar-refractivity contribution in [1.82, 2.24) is 5.32 Å². The Morgan fingerprint density at radius 1 is 1.07 bits per heavy atom. The highest BCUT2D eigenvalue weighted by atomic mass is 32.1. The van der Waals surface area contributed by atoms with E-state index in [-0.39, 0.29) is 11.0 Å². The van der Waals surface area contributed by atoms with E-state index in [0.29, 0.717) is 30.4 Å². The fourth-order valence-corrected chi connectivity index (χ4v) is 2.61. The molecule has 0 unspecified atom stereocenters. The Bertz CT molecular complexity index is 793. The molecule has 0 bridgehead atoms. The number of para-hydroxylation sites is 1. The van der Waals surface area contributed by atoms with Crippen LogP contribution in [0.5, 0.6) is 11.5 Å². The van der Waals surface area contributed by atoms with Gasteiger partial charge in [0.25, 0.3) is 5.91 Å². The maximum Gasteiger partial charge on any atom is 0.261 e. The van der Waals surface area contributed by atoms with Crippen LogP contribution in [0.25, 0.3) is 0 Å². The summed E-state index contributed by atoms with van der Waals surface area (Å²) in [5, 5.41) is 5.94. The van der Waals surface area contributed by atoms with E-state index >= 15 is 0 Å². The summed E-state index contributed by atoms with van der Waals surface area (Å²) in [6.45, 7) is 7.55. The van der Waals surface area contributed by atoms with Crippen LogP contribution in [0.3, 0.4) is 0 Å². The van der Waals surface area contributed by atoms with Gasteiger partial charge in [0.2, 0.25) is 0 Å². The van der Waals surface area contributed by atoms with Gasteiger partial charge in [0.1, 0.15) is 11.5 Å². The molecule has 0 saturated carbocycles. The first-order chi connectivity index (χ1) is 13.5. The van der Waals surface area contributed by atoms with E-state index in [1.165, 1.54) is 0 Å². The van der Waals surface area contributed by atoms with Gasteiger partial charge < -0.3 is 14.8 Å². The first-order valence-corrected chi connectivity index (χ1v) is 9.97. The summed E-state index contributed by atoms with van der Waals surface area (Å²) < 4.78 is 11.4. The van der Waals surface area contributed by atoms with Crippen LogP contribution in [0.4, 0.5) is 5.69 Å². The number of amides is 1. The largest absolute Gasteiger partial charge is 0.494 e. The quantitative estimate of drug-likeness (QED) is 0.578. The van der Waals surface area contributed by atoms with Gasteiger partial charge in [-0.2, -0.15) is 0 Å². The summed E-state index contributed by atoms with van der Waals surface area (Å²) in [7, 11) is 0. The number of carbonyl (C=O) groups is 1. The van der Waals surface area contributed by atoms with E-state index in [4.69, 9.17) is 21.7 Å². The van der Waals surface area contributed by atoms with Crippen molar-refractivity contribution < 1.29 is 14.3 Å². The van der Waals surface area contributed by atoms with Crippen molar-refractivity contribution in [3.8, 4) is 11.5 Å². The van der Waals surface area contributed by atoms with Crippen molar-refractivity contribution in [2.24, 2.45) is 5.92 Å². The van der Waals surface area contributed by atoms with Gasteiger partial charge in [0.05, 0.1) is 18.8 Å². The van der Waals surface area contributed by atoms with Crippen molar-refractivity contribution in [3.63, 3.8) is 0 Å². The Morgan fingerprint density at radius 3 is 2.61 bits per heavy atom. The zero-order valence-corrected chi connectivity index (χ0v) is 17.5. The number of thiocarbonyl (C=S) groups is 1. The van der Waals surface area contributed by atoms with Crippen molar-refractivity contribution in [2.45, 2.75) is 33.6 Å². The zero-order valence-electron chi connectivity index (χ0n) is 16.7. The first-order valence-electron chi connectivity index (χ1n) is 9.56. The minimum absolute atomic E-state index is 0.217. The topological polar surface area (TPSA) is 59.6 Å². The van der Waals surface area contributed by atoms with Gasteiger partial charge in [0.15, 0.2) is 5.11 Å². The number of anilines is 1. The van der Waals surface area contributed by atoms with E-state index < -0.39 is 0 Å². The second-order valence-corrected chi connectivity index (χ2v) is 7.22. The van der Waals surface area contributed by atoms with E-state index in [9.17, 15) is 4.79 Å². The molecule has 0 aromatic heterocycles. The molecule has 0 saturated heterocycles. The van der Waals surface area contributed by atoms with Gasteiger partial charge in [-0.1, -0.05) is 39.0 Å². The molecule has 2 rings (SSSR count). The Morgan fingerprint density at radius 2 is 1.86 bits per heavy atom. The van der Waals surface area contributed by atoms with Gasteiger partial charge in [-0.15, -0.1) is 0 Å². The standard InChI is InChI=1S/C22H28N2O3S/c1-4-13-27-20-11-6-5-10-19(20)21(25)24-22(28)23-17-8-7-9-18(15-17)26-14-12-16(2)3/h5-11,15-16H,4,12-14H2,1-3H3,(H2,23,24,25,28). The van der Waals surface area contributed by atoms with Crippen molar-refractivity contribution in [3.05, 3.63) is 54.1 Å². The maximum atomic E-state index is 12.6. The molecule has 0 heterocycles. The van der Waals surface area contributed by atoms with Gasteiger partial charge in [0, 0.05) is 11.8 Å². The summed E-state index contributed by atoms with van der Waals surface area (Å²) in [6, 6.07) is 14.6. The van der Waals surface area contributed by atoms with Crippen LogP contribution in [0.15, 0.2) is 48.5 Å². The molecule has 0 aliphatic heterocycles. The summed E-state index contributed by atoms with van der Waals surface area (Å²) >= 11 is 5.28. The first kappa shape index (κ1) is 21.7. The minimum atomic E-state index is -0.312. The van der Waals surface area contributed by atoms with Crippen LogP contribution in [0.1, 0.15) is 44.0 Å². The zero-order chi connectivity index (χ0) is 20.4. The average Bonchev–Trinajstić information content (AvgIpc) is 2.66. The lowest BCUT2D eigenvalue weighted by Crippen LogP contribution is -2.34. The minimum Gasteiger partial charge on any atom is -0.494 e. The summed E-state index contributed by atoms with van der Waals surface area (Å²) in [4.78, 5) is 12.6. The van der Waals surface area contributed by atoms with Crippen molar-refractivity contribution >= 4 is 28.9 Å². The van der Waals surface area contributed by atoms with E-state index in [2.05, 4.69) is 24.5 Å². The molecule has 2 aromatic carbocycles. The Kier molecular flexibility index (Phi) is 8.75. The molecule has 0 radical (unpaired) electrons. The molecule has 0 aliphatic rings. The van der Waals surface area contributed by atoms with Crippen molar-refractivity contribution in [2.75, 3.05) is 18.5 Å². The maximum absolute atomic E-state index is 12.6. The molecule has 5 nitrogen and oxygen atoms in total. The number of ether oxygens (including phenoxy) is 2. The third kappa shape index (κ3) is 7.19. The summed E-state index contributed by atoms with van der Waals surface area (Å²) in [5.74, 6) is 1.59. The summed E-state index contributed by atoms with van der Waals surface area (Å²) in [6.07, 6.45) is 1.86. The number of hydrogen-bond donors (Lipinski definition) is 2. The molecular formula is C22H28N2O3S. The molecule has 150 valence electrons. The molecular weight excluding hydrogens is 372 g/mol. The second kappa shape index (κ2) is 11.3. The lowest BCUT2D eigenvalue weighted by Gasteiger charge is -2.13. The highest BCUT2D eigenvalue weighted by Crippen LogP contribution is 2.19. The fourth-order valence-electron chi connectivity index (χ4n) is 2.40. The number of rotatable bonds is 9. The van der Waals surface area contributed by atoms with Crippen LogP contribution in [-0.2, 0) is 0 Å². The predicted molar refractivity (Wildman–Crippen MR) is 117 cm³/mol. The van der Waals surface area contributed by atoms with Crippen LogP contribution >= 0.6 is 12.2 Å². The Hall–Kier alpha value is -2.60. The highest BCUT2D eigenvalue weighted by molar-refractivity contribution is 7.80. The molecule has 0 atom stereocenters. The van der Waals surface area contributed by atoms with Crippen LogP contribution in [-0.4, -0.2) is 24.2 Å². The smallest absolute Gasteiger partial charge is 0.261 e. The van der Waals surface area contributed by atoms with Gasteiger partial charge in [-0.3, -0.25) is 10.1 Å². The third-order valence-corrected chi connectivity index (χ3v) is 4.08. The lowest BCUT2D eigenvalue weighted by atomic mass is 10.1. The fraction of sp³-hybridized carbons (Fsp3) is 0.364. The number of benzene rings is 2. The lowest BCUT2D eigenvalue weighted by molar-refractivity contribution is 0.0973. The van der Waals surface area contributed by atoms with Crippen LogP contribution < -0.4 is 20.1 Å². The molecule has 28 heavy (non-hydrogen) atoms. The molecule has 0 aliphatic carbocycles. The van der Waals surface area contributed by atoms with E-state index in [1.54, 1.807) is 18.2 Å². The van der Waals surface area contributed by atoms with Gasteiger partial charge in [-0.25, -0.2) is 0 Å². The number of hydrogen-bond acceptors (Lipinski definition) is 4. The number of carbonyl (C=O) groups excluding carboxylic acids is 1. The molecule has 0 fully saturated rings. The Labute approximate surface area is 172 Å². The van der Waals surface area contributed by atoms with Gasteiger partial charge >= 0.3 is 0 Å². The predicted octanol–water partition coefficient (Wildman–Crippen LogP) is 5.03. The average molecular weight is 401 g/mol. The molecule has 2 aromatic rings. The highest BCUT2D eigenvalue weighted by Gasteiger charge is 2.13. The Balaban J connectivity index is 1.94. The van der Waals surface area contributed by atoms with E-state index in [0.717, 1.165) is 24.3 Å². The SMILES string of the molecule is CCCOc1ccccc1C(=O)NC(=S)Nc1cccc(OCCC(C)C)c1. The van der Waals surface area contributed by atoms with E-state index in [1.807, 2.05) is 37.3 Å². The van der Waals surface area contributed by atoms with Crippen LogP contribution in [0.2, 0.25) is 0 Å². The van der Waals surface area contributed by atoms with Crippen molar-refractivity contribution in [1.29, 1.82) is 0 Å². The molecule has 6 heteroatoms. The molecule has 0 spiro atoms. The monoisotopic (exact) mass is 400 g/mol. The third-order valence-electron chi connectivity index (χ3n) is 3.88. The van der Waals surface area contributed by atoms with Gasteiger partial charge in [-0.05, 0) is 55.2 Å². The second-order valence-electron chi connectivity index (χ2n) is 6.81. The molecule has 2 N–H and O–H groups in total. The normalized spacial score (nSPS) is 10.4. The number of nitrogens with one attached hydrogen (secondary N) is 2. The van der Waals surface area contributed by atoms with Crippen LogP contribution in [0, 0.1) is 5.92 Å².